The molecule has 3 aliphatic rings. The number of nitrogens with zero attached hydrogens (tertiary/aromatic N) is 1. The number of allylic oxidation sites excluding steroid dienone is 2. The predicted octanol–water partition coefficient (Wildman–Crippen LogP) is 5.15. The van der Waals surface area contributed by atoms with Crippen molar-refractivity contribution < 1.29 is 24.4 Å². The Hall–Kier alpha value is -3.88. The summed E-state index contributed by atoms with van der Waals surface area (Å²) in [5, 5.41) is 24.1. The van der Waals surface area contributed by atoms with E-state index in [9.17, 15) is 19.7 Å². The molecule has 0 bridgehead atoms. The van der Waals surface area contributed by atoms with Crippen molar-refractivity contribution in [2.24, 2.45) is 17.8 Å². The number of rotatable bonds is 5. The first-order valence-corrected chi connectivity index (χ1v) is 13.1. The quantitative estimate of drug-likeness (QED) is 0.326. The summed E-state index contributed by atoms with van der Waals surface area (Å²) in [5.41, 5.74) is 4.93. The van der Waals surface area contributed by atoms with E-state index in [1.165, 1.54) is 4.90 Å². The monoisotopic (exact) mass is 508 g/mol. The standard InChI is InChI=1S/C30H29BN2O5/c1-2-18-16-25-27(24-17-26(38-31(37)28(18)24)19-8-14-23(34)15-9-19)30(36)33(29(25)35)22-12-10-21(11-13-22)32-20-6-4-3-5-7-20/h3-15,24-27,32,34,37H,2,16-17H2,1H3/t24-,25-,26-,27+/m0/s1. The number of amides is 2. The van der Waals surface area contributed by atoms with Gasteiger partial charge >= 0.3 is 7.12 Å². The zero-order valence-electron chi connectivity index (χ0n) is 21.1. The van der Waals surface area contributed by atoms with Crippen molar-refractivity contribution in [2.45, 2.75) is 32.3 Å². The first-order chi connectivity index (χ1) is 18.4. The van der Waals surface area contributed by atoms with Crippen LogP contribution < -0.4 is 10.2 Å². The van der Waals surface area contributed by atoms with Gasteiger partial charge in [0, 0.05) is 11.4 Å². The number of hydrogen-bond donors (Lipinski definition) is 3. The molecule has 2 amide bonds. The molecule has 0 saturated carbocycles. The molecule has 8 heteroatoms. The molecule has 3 aromatic rings. The number of phenols is 1. The van der Waals surface area contributed by atoms with Crippen LogP contribution in [-0.2, 0) is 14.2 Å². The number of aromatic hydroxyl groups is 1. The van der Waals surface area contributed by atoms with E-state index in [0.29, 0.717) is 24.9 Å². The van der Waals surface area contributed by atoms with Crippen LogP contribution in [0.4, 0.5) is 17.1 Å². The number of carbonyl (C=O) groups is 2. The van der Waals surface area contributed by atoms with Crippen molar-refractivity contribution in [3.8, 4) is 5.75 Å². The summed E-state index contributed by atoms with van der Waals surface area (Å²) in [5.74, 6) is -1.57. The second kappa shape index (κ2) is 9.78. The van der Waals surface area contributed by atoms with Crippen molar-refractivity contribution in [3.63, 3.8) is 0 Å². The molecular weight excluding hydrogens is 479 g/mol. The fourth-order valence-electron chi connectivity index (χ4n) is 6.29. The minimum Gasteiger partial charge on any atom is -0.508 e. The summed E-state index contributed by atoms with van der Waals surface area (Å²) < 4.78 is 6.00. The van der Waals surface area contributed by atoms with E-state index in [1.54, 1.807) is 36.4 Å². The molecule has 2 aliphatic heterocycles. The van der Waals surface area contributed by atoms with Gasteiger partial charge in [-0.2, -0.15) is 0 Å². The van der Waals surface area contributed by atoms with E-state index >= 15 is 0 Å². The number of nitrogens with one attached hydrogen (secondary N) is 1. The molecule has 2 heterocycles. The molecule has 4 atom stereocenters. The molecule has 0 aromatic heterocycles. The van der Waals surface area contributed by atoms with Crippen LogP contribution in [0.15, 0.2) is 89.9 Å². The minimum atomic E-state index is -1.14. The highest BCUT2D eigenvalue weighted by atomic mass is 16.5. The van der Waals surface area contributed by atoms with Gasteiger partial charge in [-0.25, -0.2) is 0 Å². The third-order valence-electron chi connectivity index (χ3n) is 8.09. The van der Waals surface area contributed by atoms with E-state index in [2.05, 4.69) is 5.32 Å². The molecule has 0 radical (unpaired) electrons. The molecule has 2 saturated heterocycles. The fraction of sp³-hybridized carbons (Fsp3) is 0.267. The van der Waals surface area contributed by atoms with Crippen molar-refractivity contribution in [1.82, 2.24) is 0 Å². The van der Waals surface area contributed by atoms with E-state index in [-0.39, 0.29) is 23.5 Å². The number of hydrogen-bond acceptors (Lipinski definition) is 6. The summed E-state index contributed by atoms with van der Waals surface area (Å²) in [6.07, 6.45) is 1.16. The van der Waals surface area contributed by atoms with Gasteiger partial charge in [-0.05, 0) is 84.7 Å². The number of carbonyl (C=O) groups excluding carboxylic acids is 2. The zero-order chi connectivity index (χ0) is 26.4. The molecular formula is C30H29BN2O5. The normalized spacial score (nSPS) is 24.9. The molecule has 0 unspecified atom stereocenters. The Morgan fingerprint density at radius 2 is 1.61 bits per heavy atom. The number of imide groups is 1. The van der Waals surface area contributed by atoms with E-state index in [4.69, 9.17) is 4.65 Å². The number of para-hydroxylation sites is 1. The zero-order valence-corrected chi connectivity index (χ0v) is 21.1. The second-order valence-electron chi connectivity index (χ2n) is 10.2. The Kier molecular flexibility index (Phi) is 6.29. The lowest BCUT2D eigenvalue weighted by Gasteiger charge is -2.42. The number of phenolic OH excluding ortho intramolecular Hbond substituents is 1. The average molecular weight is 508 g/mol. The van der Waals surface area contributed by atoms with Gasteiger partial charge in [0.25, 0.3) is 0 Å². The highest BCUT2D eigenvalue weighted by Gasteiger charge is 2.57. The van der Waals surface area contributed by atoms with Crippen LogP contribution in [0.2, 0.25) is 0 Å². The summed E-state index contributed by atoms with van der Waals surface area (Å²) in [6, 6.07) is 23.8. The van der Waals surface area contributed by atoms with Gasteiger partial charge in [0.05, 0.1) is 23.6 Å². The average Bonchev–Trinajstić information content (AvgIpc) is 3.19. The number of anilines is 3. The van der Waals surface area contributed by atoms with Gasteiger partial charge in [0.15, 0.2) is 0 Å². The van der Waals surface area contributed by atoms with Crippen molar-refractivity contribution in [2.75, 3.05) is 10.2 Å². The largest absolute Gasteiger partial charge is 0.508 e. The maximum atomic E-state index is 13.9. The molecule has 38 heavy (non-hydrogen) atoms. The Bertz CT molecular complexity index is 1390. The molecule has 7 nitrogen and oxygen atoms in total. The lowest BCUT2D eigenvalue weighted by atomic mass is 9.55. The lowest BCUT2D eigenvalue weighted by molar-refractivity contribution is -0.123. The predicted molar refractivity (Wildman–Crippen MR) is 146 cm³/mol. The van der Waals surface area contributed by atoms with Gasteiger partial charge < -0.3 is 20.1 Å². The molecule has 2 fully saturated rings. The van der Waals surface area contributed by atoms with Crippen LogP contribution in [0.25, 0.3) is 0 Å². The Morgan fingerprint density at radius 1 is 0.921 bits per heavy atom. The number of benzene rings is 3. The summed E-state index contributed by atoms with van der Waals surface area (Å²) in [4.78, 5) is 28.9. The maximum absolute atomic E-state index is 13.9. The molecule has 192 valence electrons. The van der Waals surface area contributed by atoms with Gasteiger partial charge in [0.1, 0.15) is 5.75 Å². The Balaban J connectivity index is 1.29. The van der Waals surface area contributed by atoms with Gasteiger partial charge in [-0.1, -0.05) is 42.8 Å². The first kappa shape index (κ1) is 24.5. The molecule has 3 aromatic carbocycles. The van der Waals surface area contributed by atoms with E-state index in [0.717, 1.165) is 28.0 Å². The van der Waals surface area contributed by atoms with Gasteiger partial charge in [0.2, 0.25) is 11.8 Å². The van der Waals surface area contributed by atoms with Crippen molar-refractivity contribution in [1.29, 1.82) is 0 Å². The fourth-order valence-corrected chi connectivity index (χ4v) is 6.29. The van der Waals surface area contributed by atoms with Gasteiger partial charge in [-0.15, -0.1) is 0 Å². The SMILES string of the molecule is CCC1=C2B(O)O[C@H](c3ccc(O)cc3)C[C@H]2[C@H]2C(=O)N(c3ccc(Nc4ccccc4)cc3)C(=O)[C@H]2C1. The second-order valence-corrected chi connectivity index (χ2v) is 10.2. The van der Waals surface area contributed by atoms with Crippen molar-refractivity contribution in [3.05, 3.63) is 95.5 Å². The molecule has 0 spiro atoms. The highest BCUT2D eigenvalue weighted by molar-refractivity contribution is 6.53. The maximum Gasteiger partial charge on any atom is 0.487 e. The highest BCUT2D eigenvalue weighted by Crippen LogP contribution is 2.52. The van der Waals surface area contributed by atoms with Crippen LogP contribution in [0.3, 0.4) is 0 Å². The topological polar surface area (TPSA) is 99.1 Å². The summed E-state index contributed by atoms with van der Waals surface area (Å²) >= 11 is 0. The van der Waals surface area contributed by atoms with Crippen LogP contribution in [-0.4, -0.2) is 29.1 Å². The Morgan fingerprint density at radius 3 is 2.29 bits per heavy atom. The van der Waals surface area contributed by atoms with E-state index < -0.39 is 25.1 Å². The molecule has 1 aliphatic carbocycles. The van der Waals surface area contributed by atoms with E-state index in [1.807, 2.05) is 49.4 Å². The minimum absolute atomic E-state index is 0.147. The number of fused-ring (bicyclic) bond motifs is 3. The van der Waals surface area contributed by atoms with Crippen LogP contribution in [0.5, 0.6) is 5.75 Å². The van der Waals surface area contributed by atoms with Crippen molar-refractivity contribution >= 4 is 36.0 Å². The smallest absolute Gasteiger partial charge is 0.487 e. The van der Waals surface area contributed by atoms with Crippen LogP contribution >= 0.6 is 0 Å². The lowest BCUT2D eigenvalue weighted by Crippen LogP contribution is -2.44. The third-order valence-corrected chi connectivity index (χ3v) is 8.09. The Labute approximate surface area is 221 Å². The molecule has 3 N–H and O–H groups in total. The molecule has 6 rings (SSSR count). The van der Waals surface area contributed by atoms with Crippen LogP contribution in [0, 0.1) is 17.8 Å². The first-order valence-electron chi connectivity index (χ1n) is 13.1. The summed E-state index contributed by atoms with van der Waals surface area (Å²) in [6.45, 7) is 2.01. The third kappa shape index (κ3) is 4.20. The van der Waals surface area contributed by atoms with Crippen LogP contribution in [0.1, 0.15) is 37.9 Å². The van der Waals surface area contributed by atoms with Gasteiger partial charge in [-0.3, -0.25) is 14.5 Å². The summed E-state index contributed by atoms with van der Waals surface area (Å²) in [7, 11) is -1.14.